The van der Waals surface area contributed by atoms with Gasteiger partial charge in [0.05, 0.1) is 0 Å². The fraction of sp³-hybridized carbons (Fsp3) is 0.818. The minimum absolute atomic E-state index is 0.196. The average molecular weight is 241 g/mol. The van der Waals surface area contributed by atoms with Crippen LogP contribution < -0.4 is 11.1 Å². The van der Waals surface area contributed by atoms with Crippen molar-refractivity contribution in [3.63, 3.8) is 0 Å². The smallest absolute Gasteiger partial charge is 0.154 e. The molecule has 0 aromatic carbocycles. The van der Waals surface area contributed by atoms with Crippen LogP contribution in [0, 0.1) is 10.8 Å². The summed E-state index contributed by atoms with van der Waals surface area (Å²) >= 11 is 1.30. The summed E-state index contributed by atoms with van der Waals surface area (Å²) in [6.07, 6.45) is 4.06. The molecule has 1 atom stereocenters. The Morgan fingerprint density at radius 3 is 2.75 bits per heavy atom. The molecule has 1 heterocycles. The molecule has 1 aliphatic carbocycles. The minimum atomic E-state index is -0.196. The lowest BCUT2D eigenvalue weighted by molar-refractivity contribution is -0.107. The second-order valence-electron chi connectivity index (χ2n) is 5.74. The Labute approximate surface area is 101 Å². The molecule has 90 valence electrons. The van der Waals surface area contributed by atoms with Gasteiger partial charge in [0.2, 0.25) is 0 Å². The molecule has 1 fully saturated rings. The summed E-state index contributed by atoms with van der Waals surface area (Å²) in [5.41, 5.74) is 6.49. The molecule has 0 radical (unpaired) electrons. The maximum atomic E-state index is 10.6. The Kier molecular flexibility index (Phi) is 3.01. The van der Waals surface area contributed by atoms with Gasteiger partial charge in [0.1, 0.15) is 5.84 Å². The number of nitrogens with one attached hydrogen (secondary N) is 1. The van der Waals surface area contributed by atoms with Crippen LogP contribution in [0.1, 0.15) is 33.1 Å². The fourth-order valence-corrected chi connectivity index (χ4v) is 3.75. The van der Waals surface area contributed by atoms with Gasteiger partial charge in [0.25, 0.3) is 0 Å². The molecule has 4 nitrogen and oxygen atoms in total. The van der Waals surface area contributed by atoms with E-state index in [4.69, 9.17) is 5.73 Å². The molecular weight excluding hydrogens is 222 g/mol. The molecule has 2 aliphatic rings. The molecule has 2 rings (SSSR count). The van der Waals surface area contributed by atoms with Crippen molar-refractivity contribution in [1.82, 2.24) is 5.32 Å². The highest BCUT2D eigenvalue weighted by Gasteiger charge is 2.49. The number of carbonyl (C=O) groups is 1. The Morgan fingerprint density at radius 2 is 2.31 bits per heavy atom. The van der Waals surface area contributed by atoms with E-state index in [1.807, 2.05) is 0 Å². The number of carbonyl (C=O) groups excluding carboxylic acids is 1. The van der Waals surface area contributed by atoms with E-state index in [9.17, 15) is 4.79 Å². The van der Waals surface area contributed by atoms with Crippen LogP contribution in [-0.4, -0.2) is 24.0 Å². The summed E-state index contributed by atoms with van der Waals surface area (Å²) in [5.74, 6) is 0.933. The number of hydrogen-bond acceptors (Lipinski definition) is 5. The summed E-state index contributed by atoms with van der Waals surface area (Å²) in [7, 11) is 0. The zero-order valence-electron chi connectivity index (χ0n) is 9.82. The van der Waals surface area contributed by atoms with Gasteiger partial charge < -0.3 is 15.8 Å². The molecule has 3 N–H and O–H groups in total. The number of aldehydes is 1. The quantitative estimate of drug-likeness (QED) is 0.575. The van der Waals surface area contributed by atoms with Crippen LogP contribution in [0.4, 0.5) is 0 Å². The third-order valence-corrected chi connectivity index (χ3v) is 4.17. The third-order valence-electron chi connectivity index (χ3n) is 3.39. The second-order valence-corrected chi connectivity index (χ2v) is 6.64. The predicted octanol–water partition coefficient (Wildman–Crippen LogP) is 1.32. The van der Waals surface area contributed by atoms with Crippen molar-refractivity contribution in [2.24, 2.45) is 21.0 Å². The number of amidine groups is 1. The number of nitrogens with zero attached hydrogens (tertiary/aromatic N) is 1. The van der Waals surface area contributed by atoms with E-state index in [2.05, 4.69) is 23.6 Å². The lowest BCUT2D eigenvalue weighted by Crippen LogP contribution is -2.50. The lowest BCUT2D eigenvalue weighted by Gasteiger charge is -2.53. The van der Waals surface area contributed by atoms with Crippen molar-refractivity contribution < 1.29 is 4.79 Å². The standard InChI is InChI=1S/C11H19N3OS/c1-10(2)5-11(6-10,7-12)3-8-13-9(4-15)16-14-8/h4,9H,3,5-7,12H2,1-2H3,(H,13,14). The number of hydrogen-bond donors (Lipinski definition) is 2. The van der Waals surface area contributed by atoms with Crippen molar-refractivity contribution in [2.45, 2.75) is 38.5 Å². The van der Waals surface area contributed by atoms with Crippen molar-refractivity contribution in [3.8, 4) is 0 Å². The van der Waals surface area contributed by atoms with Crippen molar-refractivity contribution in [2.75, 3.05) is 6.54 Å². The molecule has 16 heavy (non-hydrogen) atoms. The van der Waals surface area contributed by atoms with Gasteiger partial charge in [-0.25, -0.2) is 4.40 Å². The summed E-state index contributed by atoms with van der Waals surface area (Å²) in [6.45, 7) is 5.25. The third kappa shape index (κ3) is 2.25. The summed E-state index contributed by atoms with van der Waals surface area (Å²) in [4.78, 5) is 10.6. The van der Waals surface area contributed by atoms with Gasteiger partial charge >= 0.3 is 0 Å². The van der Waals surface area contributed by atoms with E-state index >= 15 is 0 Å². The van der Waals surface area contributed by atoms with Gasteiger partial charge in [-0.2, -0.15) is 0 Å². The zero-order valence-corrected chi connectivity index (χ0v) is 10.6. The highest BCUT2D eigenvalue weighted by Crippen LogP contribution is 2.55. The SMILES string of the molecule is CC1(C)CC(CN)(CC2=NSC(C=O)N2)C1. The first-order chi connectivity index (χ1) is 7.49. The average Bonchev–Trinajstić information content (AvgIpc) is 2.62. The first-order valence-electron chi connectivity index (χ1n) is 5.63. The van der Waals surface area contributed by atoms with E-state index in [1.165, 1.54) is 11.9 Å². The molecule has 5 heteroatoms. The van der Waals surface area contributed by atoms with Gasteiger partial charge in [-0.05, 0) is 30.2 Å². The maximum Gasteiger partial charge on any atom is 0.154 e. The van der Waals surface area contributed by atoms with Crippen LogP contribution in [0.25, 0.3) is 0 Å². The first-order valence-corrected chi connectivity index (χ1v) is 6.47. The molecule has 0 aromatic rings. The zero-order chi connectivity index (χ0) is 11.8. The van der Waals surface area contributed by atoms with Crippen LogP contribution in [0.15, 0.2) is 4.40 Å². The van der Waals surface area contributed by atoms with E-state index < -0.39 is 0 Å². The minimum Gasteiger partial charge on any atom is -0.354 e. The molecular formula is C11H19N3OS. The molecule has 0 amide bonds. The molecule has 0 spiro atoms. The maximum absolute atomic E-state index is 10.6. The molecule has 0 bridgehead atoms. The van der Waals surface area contributed by atoms with Crippen LogP contribution in [0.2, 0.25) is 0 Å². The van der Waals surface area contributed by atoms with Gasteiger partial charge in [0, 0.05) is 18.4 Å². The summed E-state index contributed by atoms with van der Waals surface area (Å²) in [5, 5.41) is 2.92. The van der Waals surface area contributed by atoms with Crippen LogP contribution >= 0.6 is 11.9 Å². The highest BCUT2D eigenvalue weighted by atomic mass is 32.2. The van der Waals surface area contributed by atoms with Gasteiger partial charge in [-0.15, -0.1) is 0 Å². The van der Waals surface area contributed by atoms with Crippen LogP contribution in [0.3, 0.4) is 0 Å². The summed E-state index contributed by atoms with van der Waals surface area (Å²) < 4.78 is 4.29. The van der Waals surface area contributed by atoms with Crippen LogP contribution in [-0.2, 0) is 4.79 Å². The topological polar surface area (TPSA) is 67.5 Å². The summed E-state index contributed by atoms with van der Waals surface area (Å²) in [6, 6.07) is 0. The van der Waals surface area contributed by atoms with E-state index in [0.29, 0.717) is 12.0 Å². The Morgan fingerprint density at radius 1 is 1.62 bits per heavy atom. The van der Waals surface area contributed by atoms with Gasteiger partial charge in [0.15, 0.2) is 11.7 Å². The van der Waals surface area contributed by atoms with E-state index in [-0.39, 0.29) is 10.8 Å². The van der Waals surface area contributed by atoms with Crippen molar-refractivity contribution in [3.05, 3.63) is 0 Å². The Hall–Kier alpha value is -0.550. The Balaban J connectivity index is 1.92. The second kappa shape index (κ2) is 4.04. The van der Waals surface area contributed by atoms with Crippen molar-refractivity contribution in [1.29, 1.82) is 0 Å². The van der Waals surface area contributed by atoms with Crippen molar-refractivity contribution >= 4 is 24.1 Å². The van der Waals surface area contributed by atoms with E-state index in [1.54, 1.807) is 0 Å². The number of nitrogens with two attached hydrogens (primary N) is 1. The van der Waals surface area contributed by atoms with E-state index in [0.717, 1.165) is 31.4 Å². The molecule has 0 aromatic heterocycles. The van der Waals surface area contributed by atoms with Crippen LogP contribution in [0.5, 0.6) is 0 Å². The molecule has 1 saturated carbocycles. The normalized spacial score (nSPS) is 30.2. The monoisotopic (exact) mass is 241 g/mol. The van der Waals surface area contributed by atoms with Gasteiger partial charge in [-0.3, -0.25) is 0 Å². The Bertz CT molecular complexity index is 319. The molecule has 1 unspecified atom stereocenters. The largest absolute Gasteiger partial charge is 0.354 e. The fourth-order valence-electron chi connectivity index (χ4n) is 3.15. The highest BCUT2D eigenvalue weighted by molar-refractivity contribution is 7.99. The first kappa shape index (κ1) is 11.9. The number of rotatable bonds is 4. The predicted molar refractivity (Wildman–Crippen MR) is 67.1 cm³/mol. The molecule has 0 saturated heterocycles. The van der Waals surface area contributed by atoms with Gasteiger partial charge in [-0.1, -0.05) is 13.8 Å². The molecule has 1 aliphatic heterocycles. The lowest BCUT2D eigenvalue weighted by atomic mass is 9.53.